The molecule has 1 heterocycles. The van der Waals surface area contributed by atoms with Gasteiger partial charge in [0.2, 0.25) is 0 Å². The zero-order chi connectivity index (χ0) is 15.1. The van der Waals surface area contributed by atoms with Crippen LogP contribution in [0.2, 0.25) is 0 Å². The molecule has 0 fully saturated rings. The van der Waals surface area contributed by atoms with Crippen molar-refractivity contribution < 1.29 is 9.53 Å². The lowest BCUT2D eigenvalue weighted by molar-refractivity contribution is -0.127. The monoisotopic (exact) mass is 302 g/mol. The molecule has 0 unspecified atom stereocenters. The first-order valence-electron chi connectivity index (χ1n) is 6.66. The lowest BCUT2D eigenvalue weighted by Gasteiger charge is -2.15. The van der Waals surface area contributed by atoms with Gasteiger partial charge in [-0.3, -0.25) is 9.78 Å². The van der Waals surface area contributed by atoms with Crippen LogP contribution in [0.4, 0.5) is 0 Å². The summed E-state index contributed by atoms with van der Waals surface area (Å²) in [4.78, 5) is 17.2. The third-order valence-corrected chi connectivity index (χ3v) is 3.67. The topological polar surface area (TPSA) is 51.2 Å². The highest BCUT2D eigenvalue weighted by molar-refractivity contribution is 7.98. The van der Waals surface area contributed by atoms with E-state index in [0.29, 0.717) is 12.3 Å². The predicted molar refractivity (Wildman–Crippen MR) is 84.4 cm³/mol. The Morgan fingerprint density at radius 1 is 1.33 bits per heavy atom. The van der Waals surface area contributed by atoms with Gasteiger partial charge in [-0.15, -0.1) is 11.8 Å². The number of rotatable bonds is 6. The van der Waals surface area contributed by atoms with Crippen LogP contribution in [0.3, 0.4) is 0 Å². The van der Waals surface area contributed by atoms with Crippen LogP contribution >= 0.6 is 11.8 Å². The van der Waals surface area contributed by atoms with Crippen LogP contribution in [0.15, 0.2) is 53.7 Å². The summed E-state index contributed by atoms with van der Waals surface area (Å²) in [5.41, 5.74) is 0.961. The summed E-state index contributed by atoms with van der Waals surface area (Å²) in [6.45, 7) is 2.19. The summed E-state index contributed by atoms with van der Waals surface area (Å²) in [5, 5.41) is 2.83. The van der Waals surface area contributed by atoms with Gasteiger partial charge in [0.15, 0.2) is 6.10 Å². The minimum Gasteiger partial charge on any atom is -0.481 e. The van der Waals surface area contributed by atoms with Gasteiger partial charge in [0, 0.05) is 23.8 Å². The van der Waals surface area contributed by atoms with Crippen molar-refractivity contribution in [1.82, 2.24) is 10.3 Å². The number of hydrogen-bond donors (Lipinski definition) is 1. The SMILES string of the molecule is CSc1ccc(O[C@H](C)C(=O)NCc2cccnc2)cc1. The molecule has 1 amide bonds. The van der Waals surface area contributed by atoms with Crippen molar-refractivity contribution in [3.8, 4) is 5.75 Å². The second-order valence-electron chi connectivity index (χ2n) is 4.51. The summed E-state index contributed by atoms with van der Waals surface area (Å²) < 4.78 is 5.63. The molecule has 1 atom stereocenters. The molecule has 21 heavy (non-hydrogen) atoms. The van der Waals surface area contributed by atoms with Crippen LogP contribution in [0, 0.1) is 0 Å². The molecule has 5 heteroatoms. The second kappa shape index (κ2) is 7.69. The van der Waals surface area contributed by atoms with E-state index in [1.807, 2.05) is 42.7 Å². The van der Waals surface area contributed by atoms with Gasteiger partial charge >= 0.3 is 0 Å². The van der Waals surface area contributed by atoms with E-state index in [2.05, 4.69) is 10.3 Å². The first kappa shape index (κ1) is 15.4. The van der Waals surface area contributed by atoms with Crippen LogP contribution in [0.1, 0.15) is 12.5 Å². The maximum absolute atomic E-state index is 12.0. The van der Waals surface area contributed by atoms with Crippen molar-refractivity contribution in [1.29, 1.82) is 0 Å². The molecule has 0 bridgehead atoms. The van der Waals surface area contributed by atoms with Gasteiger partial charge in [-0.1, -0.05) is 6.07 Å². The minimum atomic E-state index is -0.540. The molecule has 0 aliphatic rings. The van der Waals surface area contributed by atoms with Gasteiger partial charge in [0.1, 0.15) is 5.75 Å². The second-order valence-corrected chi connectivity index (χ2v) is 5.39. The van der Waals surface area contributed by atoms with Crippen LogP contribution in [-0.2, 0) is 11.3 Å². The molecule has 0 radical (unpaired) electrons. The van der Waals surface area contributed by atoms with E-state index in [-0.39, 0.29) is 5.91 Å². The summed E-state index contributed by atoms with van der Waals surface area (Å²) in [6, 6.07) is 11.4. The van der Waals surface area contributed by atoms with Crippen molar-refractivity contribution in [2.24, 2.45) is 0 Å². The Hall–Kier alpha value is -2.01. The average molecular weight is 302 g/mol. The maximum Gasteiger partial charge on any atom is 0.261 e. The normalized spacial score (nSPS) is 11.7. The lowest BCUT2D eigenvalue weighted by Crippen LogP contribution is -2.35. The average Bonchev–Trinajstić information content (AvgIpc) is 2.54. The van der Waals surface area contributed by atoms with Crippen LogP contribution < -0.4 is 10.1 Å². The van der Waals surface area contributed by atoms with Gasteiger partial charge in [0.05, 0.1) is 0 Å². The molecule has 0 saturated carbocycles. The fraction of sp³-hybridized carbons (Fsp3) is 0.250. The molecular weight excluding hydrogens is 284 g/mol. The Labute approximate surface area is 128 Å². The third kappa shape index (κ3) is 4.79. The van der Waals surface area contributed by atoms with Crippen molar-refractivity contribution in [3.63, 3.8) is 0 Å². The van der Waals surface area contributed by atoms with E-state index < -0.39 is 6.10 Å². The number of amides is 1. The number of nitrogens with one attached hydrogen (secondary N) is 1. The molecule has 1 aromatic carbocycles. The molecule has 2 aromatic rings. The molecule has 0 spiro atoms. The van der Waals surface area contributed by atoms with Crippen LogP contribution in [0.5, 0.6) is 5.75 Å². The van der Waals surface area contributed by atoms with Gasteiger partial charge in [-0.05, 0) is 49.1 Å². The fourth-order valence-electron chi connectivity index (χ4n) is 1.75. The Kier molecular flexibility index (Phi) is 5.63. The Morgan fingerprint density at radius 2 is 2.10 bits per heavy atom. The van der Waals surface area contributed by atoms with Crippen molar-refractivity contribution >= 4 is 17.7 Å². The summed E-state index contributed by atoms with van der Waals surface area (Å²) >= 11 is 1.67. The number of aromatic nitrogens is 1. The first-order chi connectivity index (χ1) is 10.2. The van der Waals surface area contributed by atoms with Crippen molar-refractivity contribution in [2.45, 2.75) is 24.5 Å². The summed E-state index contributed by atoms with van der Waals surface area (Å²) in [5.74, 6) is 0.546. The number of carbonyl (C=O) groups excluding carboxylic acids is 1. The highest BCUT2D eigenvalue weighted by Gasteiger charge is 2.14. The third-order valence-electron chi connectivity index (χ3n) is 2.93. The molecule has 0 saturated heterocycles. The van der Waals surface area contributed by atoms with E-state index in [9.17, 15) is 4.79 Å². The van der Waals surface area contributed by atoms with Crippen LogP contribution in [0.25, 0.3) is 0 Å². The number of nitrogens with zero attached hydrogens (tertiary/aromatic N) is 1. The zero-order valence-electron chi connectivity index (χ0n) is 12.1. The summed E-state index contributed by atoms with van der Waals surface area (Å²) in [6.07, 6.45) is 4.91. The van der Waals surface area contributed by atoms with E-state index in [1.165, 1.54) is 0 Å². The molecule has 110 valence electrons. The zero-order valence-corrected chi connectivity index (χ0v) is 12.9. The number of hydrogen-bond acceptors (Lipinski definition) is 4. The van der Waals surface area contributed by atoms with E-state index >= 15 is 0 Å². The number of ether oxygens (including phenoxy) is 1. The Morgan fingerprint density at radius 3 is 2.71 bits per heavy atom. The lowest BCUT2D eigenvalue weighted by atomic mass is 10.2. The fourth-order valence-corrected chi connectivity index (χ4v) is 2.16. The maximum atomic E-state index is 12.0. The van der Waals surface area contributed by atoms with Gasteiger partial charge in [-0.2, -0.15) is 0 Å². The van der Waals surface area contributed by atoms with E-state index in [1.54, 1.807) is 31.1 Å². The predicted octanol–water partition coefficient (Wildman–Crippen LogP) is 2.89. The largest absolute Gasteiger partial charge is 0.481 e. The molecule has 0 aliphatic heterocycles. The standard InChI is InChI=1S/C16H18N2O2S/c1-12(20-14-5-7-15(21-2)8-6-14)16(19)18-11-13-4-3-9-17-10-13/h3-10,12H,11H2,1-2H3,(H,18,19)/t12-/m1/s1. The quantitative estimate of drug-likeness (QED) is 0.834. The molecule has 1 N–H and O–H groups in total. The number of pyridine rings is 1. The number of carbonyl (C=O) groups is 1. The van der Waals surface area contributed by atoms with Gasteiger partial charge in [-0.25, -0.2) is 0 Å². The molecule has 2 rings (SSSR count). The molecule has 0 aliphatic carbocycles. The Bertz CT molecular complexity index is 573. The number of thioether (sulfide) groups is 1. The summed E-state index contributed by atoms with van der Waals surface area (Å²) in [7, 11) is 0. The molecule has 1 aromatic heterocycles. The molecule has 4 nitrogen and oxygen atoms in total. The number of benzene rings is 1. The molecular formula is C16H18N2O2S. The van der Waals surface area contributed by atoms with Gasteiger partial charge < -0.3 is 10.1 Å². The van der Waals surface area contributed by atoms with Gasteiger partial charge in [0.25, 0.3) is 5.91 Å². The Balaban J connectivity index is 1.84. The first-order valence-corrected chi connectivity index (χ1v) is 7.89. The van der Waals surface area contributed by atoms with E-state index in [4.69, 9.17) is 4.74 Å². The van der Waals surface area contributed by atoms with E-state index in [0.717, 1.165) is 10.5 Å². The van der Waals surface area contributed by atoms with Crippen molar-refractivity contribution in [2.75, 3.05) is 6.26 Å². The highest BCUT2D eigenvalue weighted by Crippen LogP contribution is 2.19. The minimum absolute atomic E-state index is 0.146. The van der Waals surface area contributed by atoms with Crippen LogP contribution in [-0.4, -0.2) is 23.3 Å². The van der Waals surface area contributed by atoms with Crippen molar-refractivity contribution in [3.05, 3.63) is 54.4 Å². The highest BCUT2D eigenvalue weighted by atomic mass is 32.2. The smallest absolute Gasteiger partial charge is 0.261 e.